The Labute approximate surface area is 187 Å². The zero-order chi connectivity index (χ0) is 21.1. The summed E-state index contributed by atoms with van der Waals surface area (Å²) in [5, 5.41) is 1.28. The Balaban J connectivity index is 1.49. The van der Waals surface area contributed by atoms with Crippen LogP contribution in [0.3, 0.4) is 0 Å². The number of para-hydroxylation sites is 1. The van der Waals surface area contributed by atoms with Gasteiger partial charge in [-0.15, -0.1) is 0 Å². The van der Waals surface area contributed by atoms with Crippen LogP contribution in [0.2, 0.25) is 0 Å². The number of aromatic nitrogens is 1. The monoisotopic (exact) mass is 407 g/mol. The van der Waals surface area contributed by atoms with Gasteiger partial charge in [0.2, 0.25) is 0 Å². The minimum absolute atomic E-state index is 0.232. The average molecular weight is 408 g/mol. The lowest BCUT2D eigenvalue weighted by molar-refractivity contribution is 0.996. The fraction of sp³-hybridized carbons (Fsp3) is 0.0323. The van der Waals surface area contributed by atoms with Gasteiger partial charge in [-0.25, -0.2) is 0 Å². The summed E-state index contributed by atoms with van der Waals surface area (Å²) in [6.07, 6.45) is 2.37. The maximum Gasteiger partial charge on any atom is 0.0528 e. The Hall–Kier alpha value is -4.10. The summed E-state index contributed by atoms with van der Waals surface area (Å²) in [5.41, 5.74) is 11.9. The molecule has 7 rings (SSSR count). The second-order valence-electron chi connectivity index (χ2n) is 8.65. The summed E-state index contributed by atoms with van der Waals surface area (Å²) in [5.74, 6) is 0.232. The van der Waals surface area contributed by atoms with Gasteiger partial charge in [0.15, 0.2) is 0 Å². The number of hydrogen-bond donors (Lipinski definition) is 0. The summed E-state index contributed by atoms with van der Waals surface area (Å²) in [6, 6.07) is 41.9. The molecule has 150 valence electrons. The number of benzene rings is 4. The Morgan fingerprint density at radius 3 is 2.25 bits per heavy atom. The second kappa shape index (κ2) is 6.70. The van der Waals surface area contributed by atoms with Crippen molar-refractivity contribution in [2.45, 2.75) is 5.92 Å². The largest absolute Gasteiger partial charge is 0.316 e. The van der Waals surface area contributed by atoms with E-state index in [9.17, 15) is 0 Å². The van der Waals surface area contributed by atoms with Gasteiger partial charge in [0, 0.05) is 23.0 Å². The number of hydrogen-bond acceptors (Lipinski definition) is 0. The normalized spacial score (nSPS) is 14.6. The quantitative estimate of drug-likeness (QED) is 0.274. The Morgan fingerprint density at radius 2 is 1.31 bits per heavy atom. The highest BCUT2D eigenvalue weighted by Gasteiger charge is 2.30. The Kier molecular flexibility index (Phi) is 3.68. The highest BCUT2D eigenvalue weighted by molar-refractivity contribution is 5.91. The molecule has 2 aromatic heterocycles. The van der Waals surface area contributed by atoms with Gasteiger partial charge >= 0.3 is 0 Å². The van der Waals surface area contributed by atoms with Crippen LogP contribution < -0.4 is 0 Å². The van der Waals surface area contributed by atoms with Crippen molar-refractivity contribution >= 4 is 16.4 Å². The lowest BCUT2D eigenvalue weighted by atomic mass is 9.88. The van der Waals surface area contributed by atoms with Crippen LogP contribution in [0.5, 0.6) is 0 Å². The summed E-state index contributed by atoms with van der Waals surface area (Å²) < 4.78 is 2.36. The van der Waals surface area contributed by atoms with Crippen LogP contribution in [0.15, 0.2) is 121 Å². The molecule has 0 amide bonds. The van der Waals surface area contributed by atoms with Crippen molar-refractivity contribution in [1.82, 2.24) is 4.40 Å². The van der Waals surface area contributed by atoms with E-state index >= 15 is 0 Å². The molecule has 0 saturated carbocycles. The van der Waals surface area contributed by atoms with E-state index in [-0.39, 0.29) is 5.92 Å². The number of nitrogens with zero attached hydrogens (tertiary/aromatic N) is 1. The minimum Gasteiger partial charge on any atom is -0.316 e. The molecule has 0 saturated heterocycles. The van der Waals surface area contributed by atoms with Gasteiger partial charge in [-0.1, -0.05) is 97.1 Å². The maximum absolute atomic E-state index is 2.37. The third kappa shape index (κ3) is 2.52. The minimum atomic E-state index is 0.232. The predicted molar refractivity (Wildman–Crippen MR) is 133 cm³/mol. The molecule has 0 fully saturated rings. The highest BCUT2D eigenvalue weighted by atomic mass is 14.9. The van der Waals surface area contributed by atoms with Crippen LogP contribution in [0.25, 0.3) is 38.7 Å². The van der Waals surface area contributed by atoms with E-state index in [0.29, 0.717) is 0 Å². The number of fused-ring (bicyclic) bond motifs is 6. The maximum atomic E-state index is 2.37. The lowest BCUT2D eigenvalue weighted by Gasteiger charge is -2.16. The van der Waals surface area contributed by atoms with E-state index in [1.807, 2.05) is 0 Å². The Bertz CT molecular complexity index is 1620. The first-order valence-electron chi connectivity index (χ1n) is 11.2. The topological polar surface area (TPSA) is 4.41 Å². The number of pyridine rings is 1. The molecule has 1 nitrogen and oxygen atoms in total. The van der Waals surface area contributed by atoms with Gasteiger partial charge < -0.3 is 4.40 Å². The fourth-order valence-corrected chi connectivity index (χ4v) is 5.40. The van der Waals surface area contributed by atoms with Crippen LogP contribution in [-0.2, 0) is 0 Å². The van der Waals surface area contributed by atoms with Crippen LogP contribution in [-0.4, -0.2) is 4.40 Å². The molecule has 4 aromatic carbocycles. The van der Waals surface area contributed by atoms with Gasteiger partial charge in [-0.3, -0.25) is 0 Å². The van der Waals surface area contributed by atoms with Gasteiger partial charge in [0.25, 0.3) is 0 Å². The van der Waals surface area contributed by atoms with Crippen molar-refractivity contribution in [2.24, 2.45) is 0 Å². The third-order valence-electron chi connectivity index (χ3n) is 6.85. The fourth-order valence-electron chi connectivity index (χ4n) is 5.40. The lowest BCUT2D eigenvalue weighted by Crippen LogP contribution is -2.01. The molecular weight excluding hydrogens is 386 g/mol. The van der Waals surface area contributed by atoms with E-state index in [4.69, 9.17) is 0 Å². The first-order chi connectivity index (χ1) is 15.9. The molecule has 1 atom stereocenters. The first-order valence-corrected chi connectivity index (χ1v) is 11.2. The van der Waals surface area contributed by atoms with Crippen molar-refractivity contribution in [3.63, 3.8) is 0 Å². The summed E-state index contributed by atoms with van der Waals surface area (Å²) in [7, 11) is 0. The van der Waals surface area contributed by atoms with E-state index in [2.05, 4.69) is 126 Å². The zero-order valence-corrected chi connectivity index (χ0v) is 17.6. The van der Waals surface area contributed by atoms with Crippen LogP contribution in [0, 0.1) is 0 Å². The van der Waals surface area contributed by atoms with Crippen LogP contribution in [0.4, 0.5) is 0 Å². The molecule has 1 aliphatic carbocycles. The molecule has 6 aromatic rings. The van der Waals surface area contributed by atoms with Crippen molar-refractivity contribution in [3.8, 4) is 22.3 Å². The first kappa shape index (κ1) is 17.6. The van der Waals surface area contributed by atoms with Crippen molar-refractivity contribution in [2.75, 3.05) is 0 Å². The molecule has 0 radical (unpaired) electrons. The predicted octanol–water partition coefficient (Wildman–Crippen LogP) is 7.92. The SMILES string of the molecule is c1ccc(-c2cccc(C3c4ccccc4-c4cc5cc6ccccc6n5cc43)c2)cc1. The van der Waals surface area contributed by atoms with E-state index in [1.165, 1.54) is 55.4 Å². The summed E-state index contributed by atoms with van der Waals surface area (Å²) in [4.78, 5) is 0. The molecule has 2 heterocycles. The van der Waals surface area contributed by atoms with E-state index in [0.717, 1.165) is 0 Å². The van der Waals surface area contributed by atoms with Gasteiger partial charge in [-0.05, 0) is 57.1 Å². The highest BCUT2D eigenvalue weighted by Crippen LogP contribution is 2.49. The van der Waals surface area contributed by atoms with E-state index < -0.39 is 0 Å². The van der Waals surface area contributed by atoms with E-state index in [1.54, 1.807) is 0 Å². The molecule has 1 unspecified atom stereocenters. The molecule has 1 heteroatoms. The molecular formula is C31H21N. The molecule has 0 spiro atoms. The van der Waals surface area contributed by atoms with Crippen molar-refractivity contribution in [3.05, 3.63) is 138 Å². The smallest absolute Gasteiger partial charge is 0.0528 e. The zero-order valence-electron chi connectivity index (χ0n) is 17.6. The molecule has 0 aliphatic heterocycles. The standard InChI is InChI=1S/C31H21N/c1-2-9-21(10-3-1)22-12-8-13-24(17-22)31-27-15-6-5-14-26(27)28-19-25-18-23-11-4-7-16-30(23)32(25)20-29(28)31/h1-20,31H. The third-order valence-corrected chi connectivity index (χ3v) is 6.85. The molecule has 0 bridgehead atoms. The van der Waals surface area contributed by atoms with Crippen LogP contribution >= 0.6 is 0 Å². The molecule has 1 aliphatic rings. The van der Waals surface area contributed by atoms with Crippen molar-refractivity contribution in [1.29, 1.82) is 0 Å². The molecule has 0 N–H and O–H groups in total. The van der Waals surface area contributed by atoms with Gasteiger partial charge in [0.05, 0.1) is 5.52 Å². The van der Waals surface area contributed by atoms with Gasteiger partial charge in [0.1, 0.15) is 0 Å². The molecule has 32 heavy (non-hydrogen) atoms. The average Bonchev–Trinajstić information content (AvgIpc) is 3.38. The second-order valence-corrected chi connectivity index (χ2v) is 8.65. The van der Waals surface area contributed by atoms with Gasteiger partial charge in [-0.2, -0.15) is 0 Å². The summed E-state index contributed by atoms with van der Waals surface area (Å²) >= 11 is 0. The number of rotatable bonds is 2. The van der Waals surface area contributed by atoms with Crippen molar-refractivity contribution < 1.29 is 0 Å². The van der Waals surface area contributed by atoms with Crippen LogP contribution in [0.1, 0.15) is 22.6 Å². The Morgan fingerprint density at radius 1 is 0.531 bits per heavy atom. The summed E-state index contributed by atoms with van der Waals surface area (Å²) in [6.45, 7) is 0.